The van der Waals surface area contributed by atoms with Crippen molar-refractivity contribution in [3.63, 3.8) is 0 Å². The first-order valence-electron chi connectivity index (χ1n) is 14.7. The average molecular weight is 639 g/mol. The Labute approximate surface area is 291 Å². The third-order valence-corrected chi connectivity index (χ3v) is 8.65. The van der Waals surface area contributed by atoms with E-state index in [1.54, 1.807) is 13.8 Å². The number of allylic oxidation sites excluding steroid dienone is 4. The number of carboxylic acids is 2. The summed E-state index contributed by atoms with van der Waals surface area (Å²) in [5.74, 6) is -1.84. The first-order valence-corrected chi connectivity index (χ1v) is 14.7. The number of carboxylic acid groups (broad SMARTS) is 2. The van der Waals surface area contributed by atoms with Crippen LogP contribution in [0.5, 0.6) is 0 Å². The number of rotatable bonds is 8. The topological polar surface area (TPSA) is 172 Å². The number of aliphatic hydroxyl groups excluding tert-OH is 2. The van der Waals surface area contributed by atoms with Crippen LogP contribution in [0.3, 0.4) is 0 Å². The van der Waals surface area contributed by atoms with E-state index in [4.69, 9.17) is 9.97 Å². The summed E-state index contributed by atoms with van der Waals surface area (Å²) in [5, 5.41) is 40.5. The van der Waals surface area contributed by atoms with Crippen molar-refractivity contribution in [2.24, 2.45) is 0 Å². The summed E-state index contributed by atoms with van der Waals surface area (Å²) in [4.78, 5) is 39.8. The number of aliphatic hydroxyl groups is 2. The first kappa shape index (κ1) is 34.6. The predicted octanol–water partition coefficient (Wildman–Crippen LogP) is 6.63. The number of nitrogens with one attached hydrogen (secondary N) is 2. The minimum absolute atomic E-state index is 0. The fourth-order valence-corrected chi connectivity index (χ4v) is 6.32. The van der Waals surface area contributed by atoms with Crippen molar-refractivity contribution >= 4 is 56.3 Å². The smallest absolute Gasteiger partial charge is 0.303 e. The van der Waals surface area contributed by atoms with Gasteiger partial charge in [0.15, 0.2) is 0 Å². The number of aromatic amines is 2. The van der Waals surface area contributed by atoms with Crippen molar-refractivity contribution in [2.75, 3.05) is 0 Å². The third-order valence-electron chi connectivity index (χ3n) is 8.65. The number of aliphatic carboxylic acids is 2. The van der Waals surface area contributed by atoms with Gasteiger partial charge < -0.3 is 30.4 Å². The van der Waals surface area contributed by atoms with Crippen molar-refractivity contribution < 1.29 is 67.8 Å². The van der Waals surface area contributed by atoms with Gasteiger partial charge in [-0.25, -0.2) is 9.97 Å². The van der Waals surface area contributed by atoms with Crippen molar-refractivity contribution in [2.45, 2.75) is 79.4 Å². The zero-order valence-corrected chi connectivity index (χ0v) is 26.9. The number of aryl methyl sites for hydroxylation is 2. The summed E-state index contributed by atoms with van der Waals surface area (Å²) >= 11 is 0. The summed E-state index contributed by atoms with van der Waals surface area (Å²) < 4.78 is 0. The van der Waals surface area contributed by atoms with Gasteiger partial charge in [0.2, 0.25) is 0 Å². The van der Waals surface area contributed by atoms with Crippen LogP contribution in [0.1, 0.15) is 111 Å². The minimum atomic E-state index is -0.921. The van der Waals surface area contributed by atoms with Gasteiger partial charge >= 0.3 is 11.9 Å². The second-order valence-electron chi connectivity index (χ2n) is 11.7. The Morgan fingerprint density at radius 1 is 0.644 bits per heavy atom. The van der Waals surface area contributed by atoms with E-state index in [0.717, 1.165) is 50.0 Å². The molecule has 5 heterocycles. The summed E-state index contributed by atoms with van der Waals surface area (Å²) in [6, 6.07) is 7.51. The van der Waals surface area contributed by atoms with Crippen LogP contribution in [-0.2, 0) is 9.59 Å². The molecule has 0 radical (unpaired) electrons. The van der Waals surface area contributed by atoms with Gasteiger partial charge in [0.05, 0.1) is 35.0 Å². The van der Waals surface area contributed by atoms with E-state index >= 15 is 0 Å². The normalized spacial score (nSPS) is 14.4. The maximum absolute atomic E-state index is 11.6. The average Bonchev–Trinajstić information content (AvgIpc) is 3.59. The van der Waals surface area contributed by atoms with Gasteiger partial charge in [-0.1, -0.05) is 0 Å². The molecule has 45 heavy (non-hydrogen) atoms. The Morgan fingerprint density at radius 3 is 1.42 bits per heavy atom. The summed E-state index contributed by atoms with van der Waals surface area (Å²) in [6.07, 6.45) is -1.18. The van der Waals surface area contributed by atoms with Crippen molar-refractivity contribution in [3.05, 3.63) is 69.3 Å². The van der Waals surface area contributed by atoms with E-state index < -0.39 is 24.1 Å². The molecule has 2 atom stereocenters. The molecule has 2 aliphatic heterocycles. The number of H-pyrrole nitrogens is 2. The van der Waals surface area contributed by atoms with Gasteiger partial charge in [0.1, 0.15) is 0 Å². The second-order valence-corrected chi connectivity index (χ2v) is 11.7. The molecule has 0 saturated heterocycles. The number of fused-ring (bicyclic) bond motifs is 8. The molecule has 2 aliphatic rings. The number of hydrogen-bond donors (Lipinski definition) is 6. The summed E-state index contributed by atoms with van der Waals surface area (Å²) in [6.45, 7) is 11.1. The standard InChI is InChI=1S/C34H38N4O6.Ar/c1-15-21(7-9-31(41)42)27-14-28-22(8-10-32(43)44)16(2)24(36-28)12-29-34(20(6)40)18(4)26(38-29)13-30-33(19(5)39)17(3)25(37-30)11-23(15)35-27;/h11-14,19-20,37-40H,7-10H2,1-6H3,(H,41,42)(H,43,44);. The molecule has 0 fully saturated rings. The molecule has 0 spiro atoms. The third kappa shape index (κ3) is 6.80. The van der Waals surface area contributed by atoms with E-state index in [2.05, 4.69) is 9.97 Å². The fraction of sp³-hybridized carbons (Fsp3) is 0.353. The maximum atomic E-state index is 11.6. The molecule has 0 aliphatic carbocycles. The van der Waals surface area contributed by atoms with E-state index in [0.29, 0.717) is 39.4 Å². The molecule has 3 aromatic rings. The van der Waals surface area contributed by atoms with Gasteiger partial charge in [-0.3, -0.25) is 9.59 Å². The Hall–Kier alpha value is -3.28. The molecular weight excluding hydrogens is 600 g/mol. The van der Waals surface area contributed by atoms with Gasteiger partial charge in [0.25, 0.3) is 0 Å². The van der Waals surface area contributed by atoms with Crippen molar-refractivity contribution in [1.82, 2.24) is 19.9 Å². The molecule has 0 saturated carbocycles. The Bertz CT molecular complexity index is 1930. The number of aromatic nitrogens is 4. The van der Waals surface area contributed by atoms with Crippen LogP contribution >= 0.6 is 0 Å². The molecule has 2 unspecified atom stereocenters. The summed E-state index contributed by atoms with van der Waals surface area (Å²) in [5.41, 5.74) is 11.7. The van der Waals surface area contributed by atoms with E-state index in [9.17, 15) is 30.0 Å². The quantitative estimate of drug-likeness (QED) is 0.160. The zero-order chi connectivity index (χ0) is 32.0. The molecule has 10 nitrogen and oxygen atoms in total. The van der Waals surface area contributed by atoms with Crippen molar-refractivity contribution in [3.8, 4) is 0 Å². The maximum Gasteiger partial charge on any atom is 0.303 e. The Morgan fingerprint density at radius 2 is 1.02 bits per heavy atom. The molecule has 238 valence electrons. The number of carbonyl (C=O) groups is 2. The molecular formula is C34H38ArN4O6. The van der Waals surface area contributed by atoms with Crippen LogP contribution in [-0.4, -0.2) is 52.3 Å². The second kappa shape index (κ2) is 13.6. The molecule has 11 heteroatoms. The van der Waals surface area contributed by atoms with E-state index in [1.807, 2.05) is 52.0 Å². The number of nitrogens with zero attached hydrogens (tertiary/aromatic N) is 2. The first-order chi connectivity index (χ1) is 20.8. The Kier molecular flexibility index (Phi) is 10.5. The number of hydrogen-bond acceptors (Lipinski definition) is 6. The van der Waals surface area contributed by atoms with Gasteiger partial charge in [-0.2, -0.15) is 0 Å². The van der Waals surface area contributed by atoms with Gasteiger partial charge in [0, 0.05) is 83.8 Å². The van der Waals surface area contributed by atoms with E-state index in [1.165, 1.54) is 0 Å². The van der Waals surface area contributed by atoms with Gasteiger partial charge in [-0.05, 0) is 112 Å². The van der Waals surface area contributed by atoms with E-state index in [-0.39, 0.29) is 63.4 Å². The summed E-state index contributed by atoms with van der Waals surface area (Å²) in [7, 11) is 0. The fourth-order valence-electron chi connectivity index (χ4n) is 6.32. The van der Waals surface area contributed by atoms with Crippen LogP contribution in [0.25, 0.3) is 44.4 Å². The molecule has 8 bridgehead atoms. The van der Waals surface area contributed by atoms with Crippen LogP contribution in [0.15, 0.2) is 24.3 Å². The predicted molar refractivity (Wildman–Crippen MR) is 170 cm³/mol. The molecule has 0 aromatic carbocycles. The SMILES string of the molecule is CC1=C(CCC(=O)O)c2cc3nc(cc4[nH]c(cc5[nH]c(cc1n2)c(C)c5C(C)O)c(C)c4C(C)O)C(C)=C3CCC(=O)O.[Ar]. The van der Waals surface area contributed by atoms with Crippen LogP contribution in [0, 0.1) is 51.6 Å². The van der Waals surface area contributed by atoms with Crippen molar-refractivity contribution in [1.29, 1.82) is 0 Å². The largest absolute Gasteiger partial charge is 0.481 e. The van der Waals surface area contributed by atoms with Crippen LogP contribution in [0.2, 0.25) is 0 Å². The van der Waals surface area contributed by atoms with Gasteiger partial charge in [-0.15, -0.1) is 0 Å². The molecule has 5 rings (SSSR count). The molecule has 0 amide bonds. The van der Waals surface area contributed by atoms with Crippen LogP contribution in [0.4, 0.5) is 0 Å². The molecule has 3 aromatic heterocycles. The Balaban J connectivity index is 0.00000461. The van der Waals surface area contributed by atoms with Crippen LogP contribution < -0.4 is 0 Å². The minimum Gasteiger partial charge on any atom is -0.481 e. The molecule has 6 N–H and O–H groups in total. The monoisotopic (exact) mass is 638 g/mol. The zero-order valence-electron chi connectivity index (χ0n) is 26.1.